The number of halogens is 1. The number of methoxy groups -OCH3 is 1. The summed E-state index contributed by atoms with van der Waals surface area (Å²) in [6.45, 7) is 10.3. The largest absolute Gasteiger partial charge is 0.466 e. The summed E-state index contributed by atoms with van der Waals surface area (Å²) in [5, 5.41) is 0. The smallest absolute Gasteiger partial charge is 0.329 e. The zero-order valence-corrected chi connectivity index (χ0v) is 22.1. The Balaban J connectivity index is -0.000000771. The predicted octanol–water partition coefficient (Wildman–Crippen LogP) is 8.91. The number of carbonyl (C=O) groups excluding carboxylic acids is 1. The summed E-state index contributed by atoms with van der Waals surface area (Å²) < 4.78 is 4.14. The van der Waals surface area contributed by atoms with E-state index < -0.39 is 5.97 Å². The number of hydrogen-bond acceptors (Lipinski definition) is 2. The molecular weight excluding hydrogens is 431 g/mol. The van der Waals surface area contributed by atoms with Crippen molar-refractivity contribution in [2.45, 2.75) is 110 Å². The van der Waals surface area contributed by atoms with E-state index >= 15 is 0 Å². The number of rotatable bonds is 18. The van der Waals surface area contributed by atoms with Gasteiger partial charge < -0.3 is 4.74 Å². The van der Waals surface area contributed by atoms with E-state index in [1.807, 2.05) is 0 Å². The Morgan fingerprint density at radius 1 is 0.750 bits per heavy atom. The van der Waals surface area contributed by atoms with E-state index in [-0.39, 0.29) is 17.0 Å². The molecular formula is C24H50BrO2P. The van der Waals surface area contributed by atoms with Crippen molar-refractivity contribution in [2.75, 3.05) is 26.6 Å². The molecule has 0 spiro atoms. The summed E-state index contributed by atoms with van der Waals surface area (Å²) in [5.74, 6) is -0.394. The van der Waals surface area contributed by atoms with Gasteiger partial charge in [0.05, 0.1) is 7.11 Å². The maximum atomic E-state index is 9.84. The Hall–Kier alpha value is 0.120. The number of ether oxygens (including phenoxy) is 1. The lowest BCUT2D eigenvalue weighted by molar-refractivity contribution is -0.134. The second kappa shape index (κ2) is 29.3. The van der Waals surface area contributed by atoms with Crippen molar-refractivity contribution in [3.05, 3.63) is 12.7 Å². The fraction of sp³-hybridized carbons (Fsp3) is 0.875. The third-order valence-electron chi connectivity index (χ3n) is 4.83. The number of carbonyl (C=O) groups is 1. The first kappa shape index (κ1) is 32.8. The number of hydrogen-bond donors (Lipinski definition) is 0. The first-order valence-corrected chi connectivity index (χ1v) is 13.9. The summed E-state index contributed by atoms with van der Waals surface area (Å²) in [5.41, 5.74) is 0. The number of esters is 1. The maximum Gasteiger partial charge on any atom is 0.329 e. The zero-order chi connectivity index (χ0) is 20.6. The van der Waals surface area contributed by atoms with Gasteiger partial charge >= 0.3 is 5.97 Å². The Labute approximate surface area is 189 Å². The van der Waals surface area contributed by atoms with Crippen LogP contribution in [0.5, 0.6) is 0 Å². The van der Waals surface area contributed by atoms with Crippen LogP contribution in [0.4, 0.5) is 0 Å². The van der Waals surface area contributed by atoms with Crippen LogP contribution in [0.25, 0.3) is 0 Å². The van der Waals surface area contributed by atoms with E-state index in [1.165, 1.54) is 116 Å². The molecule has 0 N–H and O–H groups in total. The molecule has 0 aliphatic rings. The Kier molecular flexibility index (Phi) is 34.3. The van der Waals surface area contributed by atoms with Gasteiger partial charge in [-0.15, -0.1) is 24.9 Å². The molecule has 0 aromatic rings. The lowest BCUT2D eigenvalue weighted by Gasteiger charge is -2.05. The minimum Gasteiger partial charge on any atom is -0.466 e. The van der Waals surface area contributed by atoms with Crippen molar-refractivity contribution in [3.8, 4) is 0 Å². The number of unbranched alkanes of at least 4 members (excludes halogenated alkanes) is 15. The normalized spacial score (nSPS) is 10.0. The summed E-state index contributed by atoms with van der Waals surface area (Å²) in [4.78, 5) is 9.84. The van der Waals surface area contributed by atoms with Gasteiger partial charge in [0.2, 0.25) is 0 Å². The average Bonchev–Trinajstić information content (AvgIpc) is 2.67. The van der Waals surface area contributed by atoms with E-state index in [9.17, 15) is 4.79 Å². The van der Waals surface area contributed by atoms with Crippen molar-refractivity contribution in [1.29, 1.82) is 0 Å². The minimum absolute atomic E-state index is 0. The molecule has 0 aromatic heterocycles. The predicted molar refractivity (Wildman–Crippen MR) is 136 cm³/mol. The third kappa shape index (κ3) is 33.7. The SMILES string of the molecule is Br.C=CC(=O)OC.CCCCCCCCCCCCCCCCCCP(C)C. The summed E-state index contributed by atoms with van der Waals surface area (Å²) >= 11 is 0. The molecule has 0 amide bonds. The lowest BCUT2D eigenvalue weighted by atomic mass is 10.0. The topological polar surface area (TPSA) is 26.3 Å². The van der Waals surface area contributed by atoms with Crippen molar-refractivity contribution >= 4 is 30.9 Å². The van der Waals surface area contributed by atoms with Crippen LogP contribution in [0, 0.1) is 0 Å². The molecule has 0 aromatic carbocycles. The van der Waals surface area contributed by atoms with Crippen LogP contribution >= 0.6 is 24.9 Å². The van der Waals surface area contributed by atoms with E-state index in [0.717, 1.165) is 6.08 Å². The van der Waals surface area contributed by atoms with Gasteiger partial charge in [-0.05, 0) is 25.9 Å². The first-order valence-electron chi connectivity index (χ1n) is 11.4. The van der Waals surface area contributed by atoms with Crippen LogP contribution in [-0.4, -0.2) is 32.6 Å². The second-order valence-corrected chi connectivity index (χ2v) is 10.4. The monoisotopic (exact) mass is 480 g/mol. The fourth-order valence-corrected chi connectivity index (χ4v) is 3.92. The van der Waals surface area contributed by atoms with Crippen molar-refractivity contribution in [3.63, 3.8) is 0 Å². The molecule has 0 heterocycles. The summed E-state index contributed by atoms with van der Waals surface area (Å²) in [7, 11) is 1.67. The van der Waals surface area contributed by atoms with Crippen LogP contribution in [0.2, 0.25) is 0 Å². The van der Waals surface area contributed by atoms with Crippen LogP contribution in [0.15, 0.2) is 12.7 Å². The van der Waals surface area contributed by atoms with Gasteiger partial charge in [0.15, 0.2) is 0 Å². The van der Waals surface area contributed by atoms with E-state index in [1.54, 1.807) is 0 Å². The quantitative estimate of drug-likeness (QED) is 0.0845. The second-order valence-electron chi connectivity index (χ2n) is 7.83. The van der Waals surface area contributed by atoms with E-state index in [2.05, 4.69) is 31.6 Å². The van der Waals surface area contributed by atoms with E-state index in [0.29, 0.717) is 7.92 Å². The van der Waals surface area contributed by atoms with Gasteiger partial charge in [0.1, 0.15) is 0 Å². The highest BCUT2D eigenvalue weighted by Crippen LogP contribution is 2.26. The molecule has 0 bridgehead atoms. The van der Waals surface area contributed by atoms with Gasteiger partial charge in [0.25, 0.3) is 0 Å². The highest BCUT2D eigenvalue weighted by atomic mass is 79.9. The van der Waals surface area contributed by atoms with Crippen molar-refractivity contribution in [2.24, 2.45) is 0 Å². The van der Waals surface area contributed by atoms with Gasteiger partial charge in [-0.1, -0.05) is 110 Å². The Bertz CT molecular complexity index is 309. The molecule has 2 nitrogen and oxygen atoms in total. The van der Waals surface area contributed by atoms with Crippen LogP contribution in [0.1, 0.15) is 110 Å². The summed E-state index contributed by atoms with van der Waals surface area (Å²) in [6.07, 6.45) is 26.2. The molecule has 0 rings (SSSR count). The van der Waals surface area contributed by atoms with Gasteiger partial charge in [-0.3, -0.25) is 0 Å². The molecule has 0 radical (unpaired) electrons. The Morgan fingerprint density at radius 2 is 1.07 bits per heavy atom. The molecule has 28 heavy (non-hydrogen) atoms. The molecule has 0 saturated carbocycles. The molecule has 0 aliphatic heterocycles. The Morgan fingerprint density at radius 3 is 1.29 bits per heavy atom. The highest BCUT2D eigenvalue weighted by molar-refractivity contribution is 8.93. The third-order valence-corrected chi connectivity index (χ3v) is 6.04. The molecule has 0 aliphatic carbocycles. The maximum absolute atomic E-state index is 9.84. The molecule has 0 fully saturated rings. The lowest BCUT2D eigenvalue weighted by Crippen LogP contribution is -1.91. The summed E-state index contributed by atoms with van der Waals surface area (Å²) in [6, 6.07) is 0. The van der Waals surface area contributed by atoms with Crippen molar-refractivity contribution in [1.82, 2.24) is 0 Å². The minimum atomic E-state index is -0.394. The van der Waals surface area contributed by atoms with Gasteiger partial charge in [-0.25, -0.2) is 4.79 Å². The van der Waals surface area contributed by atoms with Gasteiger partial charge in [-0.2, -0.15) is 0 Å². The zero-order valence-electron chi connectivity index (χ0n) is 19.5. The van der Waals surface area contributed by atoms with Crippen LogP contribution in [0.3, 0.4) is 0 Å². The van der Waals surface area contributed by atoms with Gasteiger partial charge in [0, 0.05) is 6.08 Å². The standard InChI is InChI=1S/C20H43P.C4H6O2.BrH/c1-4-5-6-7-8-9-10-11-12-13-14-15-16-17-18-19-20-21(2)3;1-3-4(5)6-2;/h4-20H2,1-3H3;3H,1H2,2H3;1H. The van der Waals surface area contributed by atoms with E-state index in [4.69, 9.17) is 0 Å². The molecule has 170 valence electrons. The molecule has 4 heteroatoms. The molecule has 0 unspecified atom stereocenters. The van der Waals surface area contributed by atoms with Crippen LogP contribution < -0.4 is 0 Å². The highest BCUT2D eigenvalue weighted by Gasteiger charge is 1.95. The van der Waals surface area contributed by atoms with Crippen LogP contribution in [-0.2, 0) is 9.53 Å². The van der Waals surface area contributed by atoms with Crippen molar-refractivity contribution < 1.29 is 9.53 Å². The average molecular weight is 482 g/mol. The first-order chi connectivity index (χ1) is 13.1. The molecule has 0 saturated heterocycles. The fourth-order valence-electron chi connectivity index (χ4n) is 3.06. The molecule has 0 atom stereocenters.